The molecule has 0 spiro atoms. The maximum absolute atomic E-state index is 13.2. The van der Waals surface area contributed by atoms with Crippen LogP contribution in [0.5, 0.6) is 0 Å². The first-order chi connectivity index (χ1) is 14.5. The van der Waals surface area contributed by atoms with E-state index in [2.05, 4.69) is 21.3 Å². The number of hydrogen-bond donors (Lipinski definition) is 4. The maximum atomic E-state index is 13.2. The third-order valence-electron chi connectivity index (χ3n) is 4.36. The molecule has 9 heteroatoms. The van der Waals surface area contributed by atoms with Gasteiger partial charge in [-0.25, -0.2) is 4.39 Å². The predicted molar refractivity (Wildman–Crippen MR) is 114 cm³/mol. The average Bonchev–Trinajstić information content (AvgIpc) is 2.71. The first-order valence-corrected chi connectivity index (χ1v) is 10.6. The van der Waals surface area contributed by atoms with Crippen LogP contribution in [0.15, 0.2) is 54.6 Å². The van der Waals surface area contributed by atoms with Crippen LogP contribution in [0.25, 0.3) is 0 Å². The number of halogens is 1. The van der Waals surface area contributed by atoms with Gasteiger partial charge in [0.05, 0.1) is 5.75 Å². The van der Waals surface area contributed by atoms with Crippen molar-refractivity contribution in [2.75, 3.05) is 11.1 Å². The van der Waals surface area contributed by atoms with Gasteiger partial charge in [-0.05, 0) is 23.8 Å². The van der Waals surface area contributed by atoms with Gasteiger partial charge in [-0.1, -0.05) is 36.4 Å². The van der Waals surface area contributed by atoms with Gasteiger partial charge in [0, 0.05) is 31.1 Å². The Hall–Kier alpha value is -2.91. The minimum Gasteiger partial charge on any atom is -0.352 e. The fraction of sp³-hybridized carbons (Fsp3) is 0.286. The Labute approximate surface area is 178 Å². The zero-order chi connectivity index (χ0) is 21.3. The molecule has 0 aliphatic carbocycles. The summed E-state index contributed by atoms with van der Waals surface area (Å²) >= 11 is 1.19. The summed E-state index contributed by atoms with van der Waals surface area (Å²) in [5.74, 6) is -1.03. The fourth-order valence-electron chi connectivity index (χ4n) is 2.98. The molecule has 1 aliphatic rings. The van der Waals surface area contributed by atoms with E-state index in [-0.39, 0.29) is 42.4 Å². The molecular formula is C21H23FN4O3S. The number of anilines is 1. The molecule has 7 nitrogen and oxygen atoms in total. The molecule has 3 rings (SSSR count). The van der Waals surface area contributed by atoms with E-state index in [0.717, 1.165) is 5.56 Å². The summed E-state index contributed by atoms with van der Waals surface area (Å²) < 4.78 is 13.2. The standard InChI is InChI=1S/C21H23FN4O3S/c22-15-7-4-8-16(9-15)24-20(29)13-30-21-25-17(11-19(28)26-21)10-18(27)23-12-14-5-2-1-3-6-14/h1-9,17,21,25H,10-13H2,(H,23,27)(H,24,29)(H,26,28). The van der Waals surface area contributed by atoms with Crippen molar-refractivity contribution in [3.8, 4) is 0 Å². The largest absolute Gasteiger partial charge is 0.352 e. The highest BCUT2D eigenvalue weighted by Gasteiger charge is 2.28. The smallest absolute Gasteiger partial charge is 0.234 e. The minimum absolute atomic E-state index is 0.0569. The lowest BCUT2D eigenvalue weighted by molar-refractivity contribution is -0.125. The van der Waals surface area contributed by atoms with Gasteiger partial charge in [-0.15, -0.1) is 11.8 Å². The van der Waals surface area contributed by atoms with E-state index >= 15 is 0 Å². The fourth-order valence-corrected chi connectivity index (χ4v) is 3.87. The van der Waals surface area contributed by atoms with Crippen molar-refractivity contribution in [3.63, 3.8) is 0 Å². The number of hydrogen-bond acceptors (Lipinski definition) is 5. The molecule has 0 saturated carbocycles. The summed E-state index contributed by atoms with van der Waals surface area (Å²) in [7, 11) is 0. The van der Waals surface area contributed by atoms with Crippen molar-refractivity contribution in [3.05, 3.63) is 66.0 Å². The maximum Gasteiger partial charge on any atom is 0.234 e. The van der Waals surface area contributed by atoms with Crippen LogP contribution in [-0.4, -0.2) is 35.0 Å². The Balaban J connectivity index is 1.42. The number of amides is 3. The van der Waals surface area contributed by atoms with Crippen LogP contribution >= 0.6 is 11.8 Å². The molecule has 0 radical (unpaired) electrons. The van der Waals surface area contributed by atoms with Crippen molar-refractivity contribution in [1.29, 1.82) is 0 Å². The van der Waals surface area contributed by atoms with Crippen LogP contribution in [0.1, 0.15) is 18.4 Å². The summed E-state index contributed by atoms with van der Waals surface area (Å²) in [5.41, 5.74) is 0.878. The van der Waals surface area contributed by atoms with Gasteiger partial charge in [0.15, 0.2) is 0 Å². The first kappa shape index (κ1) is 21.8. The first-order valence-electron chi connectivity index (χ1n) is 9.51. The Morgan fingerprint density at radius 1 is 1.10 bits per heavy atom. The van der Waals surface area contributed by atoms with Crippen LogP contribution in [0.4, 0.5) is 10.1 Å². The van der Waals surface area contributed by atoms with Gasteiger partial charge in [0.25, 0.3) is 0 Å². The second kappa shape index (κ2) is 10.7. The van der Waals surface area contributed by atoms with Gasteiger partial charge < -0.3 is 16.0 Å². The average molecular weight is 431 g/mol. The van der Waals surface area contributed by atoms with Gasteiger partial charge in [-0.2, -0.15) is 0 Å². The van der Waals surface area contributed by atoms with Crippen molar-refractivity contribution in [2.45, 2.75) is 30.9 Å². The highest BCUT2D eigenvalue weighted by Crippen LogP contribution is 2.15. The molecule has 0 bridgehead atoms. The van der Waals surface area contributed by atoms with Crippen molar-refractivity contribution < 1.29 is 18.8 Å². The highest BCUT2D eigenvalue weighted by atomic mass is 32.2. The Morgan fingerprint density at radius 2 is 1.90 bits per heavy atom. The number of rotatable bonds is 8. The lowest BCUT2D eigenvalue weighted by Gasteiger charge is -2.30. The Bertz CT molecular complexity index is 897. The van der Waals surface area contributed by atoms with Crippen LogP contribution in [0, 0.1) is 5.82 Å². The SMILES string of the molecule is O=C(CC1CC(=O)NC(SCC(=O)Nc2cccc(F)c2)N1)NCc1ccccc1. The van der Waals surface area contributed by atoms with Crippen molar-refractivity contribution >= 4 is 35.2 Å². The number of nitrogens with one attached hydrogen (secondary N) is 4. The Morgan fingerprint density at radius 3 is 2.67 bits per heavy atom. The predicted octanol–water partition coefficient (Wildman–Crippen LogP) is 1.97. The molecule has 4 N–H and O–H groups in total. The van der Waals surface area contributed by atoms with Gasteiger partial charge in [0.1, 0.15) is 11.3 Å². The molecule has 1 saturated heterocycles. The lowest BCUT2D eigenvalue weighted by Crippen LogP contribution is -2.56. The van der Waals surface area contributed by atoms with E-state index in [1.165, 1.54) is 30.0 Å². The van der Waals surface area contributed by atoms with Gasteiger partial charge in [0.2, 0.25) is 17.7 Å². The lowest BCUT2D eigenvalue weighted by atomic mass is 10.1. The van der Waals surface area contributed by atoms with E-state index in [4.69, 9.17) is 0 Å². The molecular weight excluding hydrogens is 407 g/mol. The number of carbonyl (C=O) groups is 3. The molecule has 1 aliphatic heterocycles. The van der Waals surface area contributed by atoms with E-state index < -0.39 is 11.3 Å². The summed E-state index contributed by atoms with van der Waals surface area (Å²) in [6, 6.07) is 14.9. The van der Waals surface area contributed by atoms with E-state index in [1.54, 1.807) is 6.07 Å². The zero-order valence-electron chi connectivity index (χ0n) is 16.2. The van der Waals surface area contributed by atoms with Crippen molar-refractivity contribution in [1.82, 2.24) is 16.0 Å². The number of benzene rings is 2. The molecule has 2 aromatic rings. The highest BCUT2D eigenvalue weighted by molar-refractivity contribution is 8.00. The molecule has 1 fully saturated rings. The molecule has 30 heavy (non-hydrogen) atoms. The normalized spacial score (nSPS) is 18.4. The van der Waals surface area contributed by atoms with E-state index in [9.17, 15) is 18.8 Å². The second-order valence-corrected chi connectivity index (χ2v) is 7.94. The summed E-state index contributed by atoms with van der Waals surface area (Å²) in [5, 5.41) is 11.4. The van der Waals surface area contributed by atoms with Crippen LogP contribution in [-0.2, 0) is 20.9 Å². The molecule has 3 amide bonds. The molecule has 2 aromatic carbocycles. The van der Waals surface area contributed by atoms with Crippen LogP contribution in [0.3, 0.4) is 0 Å². The number of carbonyl (C=O) groups excluding carboxylic acids is 3. The van der Waals surface area contributed by atoms with Crippen molar-refractivity contribution in [2.24, 2.45) is 0 Å². The molecule has 1 heterocycles. The third-order valence-corrected chi connectivity index (χ3v) is 5.38. The topological polar surface area (TPSA) is 99.3 Å². The molecule has 158 valence electrons. The van der Waals surface area contributed by atoms with E-state index in [1.807, 2.05) is 30.3 Å². The molecule has 0 aromatic heterocycles. The molecule has 2 atom stereocenters. The minimum atomic E-state index is -0.489. The second-order valence-electron chi connectivity index (χ2n) is 6.85. The third kappa shape index (κ3) is 7.16. The van der Waals surface area contributed by atoms with Gasteiger partial charge >= 0.3 is 0 Å². The summed E-state index contributed by atoms with van der Waals surface area (Å²) in [4.78, 5) is 36.3. The van der Waals surface area contributed by atoms with Gasteiger partial charge in [-0.3, -0.25) is 19.7 Å². The summed E-state index contributed by atoms with van der Waals surface area (Å²) in [6.07, 6.45) is 0.345. The monoisotopic (exact) mass is 430 g/mol. The van der Waals surface area contributed by atoms with Crippen LogP contribution < -0.4 is 21.3 Å². The zero-order valence-corrected chi connectivity index (χ0v) is 17.0. The quantitative estimate of drug-likeness (QED) is 0.513. The Kier molecular flexibility index (Phi) is 7.81. The van der Waals surface area contributed by atoms with Crippen LogP contribution in [0.2, 0.25) is 0 Å². The summed E-state index contributed by atoms with van der Waals surface area (Å²) in [6.45, 7) is 0.428. The number of thioether (sulfide) groups is 1. The van der Waals surface area contributed by atoms with E-state index in [0.29, 0.717) is 12.2 Å². The molecule has 2 unspecified atom stereocenters.